The van der Waals surface area contributed by atoms with Crippen LogP contribution in [0.25, 0.3) is 0 Å². The summed E-state index contributed by atoms with van der Waals surface area (Å²) in [7, 11) is -3.53. The molecule has 6 heteroatoms. The van der Waals surface area contributed by atoms with Crippen LogP contribution < -0.4 is 22.0 Å². The van der Waals surface area contributed by atoms with Crippen LogP contribution in [0.3, 0.4) is 0 Å². The standard InChI is InChI=1S/C18H35N3OSi2/c1-7-23(8-2,9-3)15-13-14(17(20)22)18(21-16(15)19)24(10-4,11-5)12-6/h13H,7-12H2,1-6H3,(H2,19,21)(H2,20,22). The lowest BCUT2D eigenvalue weighted by molar-refractivity contribution is 0.100. The maximum absolute atomic E-state index is 12.3. The minimum Gasteiger partial charge on any atom is -0.384 e. The molecule has 136 valence electrons. The molecular formula is C18H35N3OSi2. The first kappa shape index (κ1) is 20.9. The number of primary amides is 1. The fourth-order valence-electron chi connectivity index (χ4n) is 4.12. The Labute approximate surface area is 149 Å². The number of amides is 1. The van der Waals surface area contributed by atoms with Crippen LogP contribution >= 0.6 is 0 Å². The van der Waals surface area contributed by atoms with Gasteiger partial charge in [-0.15, -0.1) is 0 Å². The number of anilines is 1. The number of rotatable bonds is 9. The Balaban J connectivity index is 3.75. The van der Waals surface area contributed by atoms with Crippen molar-refractivity contribution in [1.29, 1.82) is 0 Å². The normalized spacial score (nSPS) is 12.4. The Morgan fingerprint density at radius 2 is 1.33 bits per heavy atom. The topological polar surface area (TPSA) is 82.0 Å². The first-order valence-corrected chi connectivity index (χ1v) is 14.7. The molecule has 0 bridgehead atoms. The zero-order chi connectivity index (χ0) is 18.5. The molecule has 4 N–H and O–H groups in total. The first-order valence-electron chi connectivity index (χ1n) is 9.42. The number of nitrogens with zero attached hydrogens (tertiary/aromatic N) is 1. The van der Waals surface area contributed by atoms with Gasteiger partial charge in [0, 0.05) is 5.32 Å². The van der Waals surface area contributed by atoms with Gasteiger partial charge in [-0.1, -0.05) is 77.8 Å². The second-order valence-corrected chi connectivity index (χ2v) is 17.2. The molecule has 0 saturated heterocycles. The predicted molar refractivity (Wildman–Crippen MR) is 111 cm³/mol. The van der Waals surface area contributed by atoms with Gasteiger partial charge < -0.3 is 11.5 Å². The minimum atomic E-state index is -1.82. The van der Waals surface area contributed by atoms with Crippen LogP contribution in [0.1, 0.15) is 51.9 Å². The van der Waals surface area contributed by atoms with Gasteiger partial charge in [-0.2, -0.15) is 0 Å². The fourth-order valence-corrected chi connectivity index (χ4v) is 11.4. The van der Waals surface area contributed by atoms with Crippen molar-refractivity contribution in [3.05, 3.63) is 11.6 Å². The van der Waals surface area contributed by atoms with Crippen LogP contribution in [0.4, 0.5) is 5.82 Å². The van der Waals surface area contributed by atoms with Crippen molar-refractivity contribution in [2.45, 2.75) is 77.8 Å². The number of carbonyl (C=O) groups excluding carboxylic acids is 1. The largest absolute Gasteiger partial charge is 0.384 e. The highest BCUT2D eigenvalue weighted by molar-refractivity contribution is 6.94. The zero-order valence-electron chi connectivity index (χ0n) is 16.3. The van der Waals surface area contributed by atoms with Gasteiger partial charge in [-0.3, -0.25) is 4.79 Å². The van der Waals surface area contributed by atoms with Crippen molar-refractivity contribution in [3.63, 3.8) is 0 Å². The van der Waals surface area contributed by atoms with Crippen molar-refractivity contribution in [1.82, 2.24) is 4.98 Å². The van der Waals surface area contributed by atoms with Gasteiger partial charge in [0.2, 0.25) is 5.91 Å². The Morgan fingerprint density at radius 1 is 0.917 bits per heavy atom. The molecule has 0 saturated carbocycles. The lowest BCUT2D eigenvalue weighted by Crippen LogP contribution is -2.55. The van der Waals surface area contributed by atoms with Crippen LogP contribution in [0.15, 0.2) is 6.07 Å². The van der Waals surface area contributed by atoms with E-state index >= 15 is 0 Å². The van der Waals surface area contributed by atoms with Crippen molar-refractivity contribution >= 4 is 38.4 Å². The van der Waals surface area contributed by atoms with Gasteiger partial charge in [0.05, 0.1) is 13.6 Å². The zero-order valence-corrected chi connectivity index (χ0v) is 18.3. The average molecular weight is 366 g/mol. The van der Waals surface area contributed by atoms with E-state index in [1.54, 1.807) is 0 Å². The number of nitrogens with two attached hydrogens (primary N) is 2. The molecule has 24 heavy (non-hydrogen) atoms. The maximum Gasteiger partial charge on any atom is 0.250 e. The third-order valence-electron chi connectivity index (χ3n) is 6.45. The Kier molecular flexibility index (Phi) is 7.22. The molecule has 0 aliphatic heterocycles. The number of carbonyl (C=O) groups is 1. The number of pyridine rings is 1. The maximum atomic E-state index is 12.3. The van der Waals surface area contributed by atoms with Crippen LogP contribution in [-0.2, 0) is 0 Å². The van der Waals surface area contributed by atoms with Gasteiger partial charge in [0.1, 0.15) is 13.9 Å². The molecule has 0 atom stereocenters. The predicted octanol–water partition coefficient (Wildman–Crippen LogP) is 3.19. The van der Waals surface area contributed by atoms with E-state index in [-0.39, 0.29) is 5.91 Å². The van der Waals surface area contributed by atoms with E-state index in [0.717, 1.165) is 46.8 Å². The van der Waals surface area contributed by atoms with E-state index in [1.165, 1.54) is 0 Å². The molecule has 0 aliphatic rings. The van der Waals surface area contributed by atoms with E-state index < -0.39 is 16.1 Å². The smallest absolute Gasteiger partial charge is 0.250 e. The second-order valence-electron chi connectivity index (χ2n) is 6.86. The summed E-state index contributed by atoms with van der Waals surface area (Å²) in [6, 6.07) is 8.55. The van der Waals surface area contributed by atoms with Gasteiger partial charge in [0.15, 0.2) is 0 Å². The van der Waals surface area contributed by atoms with Gasteiger partial charge in [-0.25, -0.2) is 4.98 Å². The first-order chi connectivity index (χ1) is 11.3. The lowest BCUT2D eigenvalue weighted by atomic mass is 10.2. The van der Waals surface area contributed by atoms with Crippen LogP contribution in [0, 0.1) is 0 Å². The molecule has 0 unspecified atom stereocenters. The second kappa shape index (κ2) is 8.29. The highest BCUT2D eigenvalue weighted by Crippen LogP contribution is 2.25. The van der Waals surface area contributed by atoms with Crippen molar-refractivity contribution < 1.29 is 4.79 Å². The monoisotopic (exact) mass is 365 g/mol. The summed E-state index contributed by atoms with van der Waals surface area (Å²) >= 11 is 0. The van der Waals surface area contributed by atoms with E-state index in [1.807, 2.05) is 6.07 Å². The molecule has 1 aromatic heterocycles. The van der Waals surface area contributed by atoms with Crippen LogP contribution in [0.2, 0.25) is 36.3 Å². The molecule has 0 aromatic carbocycles. The number of aromatic nitrogens is 1. The van der Waals surface area contributed by atoms with Crippen molar-refractivity contribution in [2.24, 2.45) is 5.73 Å². The molecule has 0 fully saturated rings. The van der Waals surface area contributed by atoms with Gasteiger partial charge in [0.25, 0.3) is 0 Å². The third-order valence-corrected chi connectivity index (χ3v) is 17.5. The van der Waals surface area contributed by atoms with Crippen LogP contribution in [0.5, 0.6) is 0 Å². The van der Waals surface area contributed by atoms with Gasteiger partial charge in [-0.05, 0) is 11.3 Å². The molecule has 1 heterocycles. The fraction of sp³-hybridized carbons (Fsp3) is 0.667. The van der Waals surface area contributed by atoms with E-state index in [9.17, 15) is 4.79 Å². The highest BCUT2D eigenvalue weighted by Gasteiger charge is 2.38. The Hall–Kier alpha value is -1.15. The molecule has 1 aromatic rings. The molecule has 1 amide bonds. The molecule has 0 spiro atoms. The number of nitrogen functional groups attached to an aromatic ring is 1. The summed E-state index contributed by atoms with van der Waals surface area (Å²) in [4.78, 5) is 17.1. The van der Waals surface area contributed by atoms with E-state index in [2.05, 4.69) is 41.5 Å². The average Bonchev–Trinajstić information content (AvgIpc) is 2.60. The summed E-state index contributed by atoms with van der Waals surface area (Å²) in [5, 5.41) is 2.08. The summed E-state index contributed by atoms with van der Waals surface area (Å²) in [5.74, 6) is 0.302. The lowest BCUT2D eigenvalue weighted by Gasteiger charge is -2.33. The highest BCUT2D eigenvalue weighted by atomic mass is 28.3. The summed E-state index contributed by atoms with van der Waals surface area (Å²) in [6.45, 7) is 13.3. The molecular weight excluding hydrogens is 330 g/mol. The van der Waals surface area contributed by atoms with E-state index in [4.69, 9.17) is 16.5 Å². The quantitative estimate of drug-likeness (QED) is 0.659. The third kappa shape index (κ3) is 3.44. The minimum absolute atomic E-state index is 0.350. The van der Waals surface area contributed by atoms with E-state index in [0.29, 0.717) is 11.4 Å². The molecule has 4 nitrogen and oxygen atoms in total. The van der Waals surface area contributed by atoms with Crippen molar-refractivity contribution in [3.8, 4) is 0 Å². The number of hydrogen-bond acceptors (Lipinski definition) is 3. The number of hydrogen-bond donors (Lipinski definition) is 2. The molecule has 1 rings (SSSR count). The summed E-state index contributed by atoms with van der Waals surface area (Å²) in [5.41, 5.74) is 12.9. The van der Waals surface area contributed by atoms with Gasteiger partial charge >= 0.3 is 0 Å². The summed E-state index contributed by atoms with van der Waals surface area (Å²) < 4.78 is 0. The molecule has 0 aliphatic carbocycles. The molecule has 0 radical (unpaired) electrons. The SMILES string of the molecule is CC[Si](CC)(CC)c1cc(C(N)=O)c([Si](CC)(CC)CC)nc1N. The van der Waals surface area contributed by atoms with Crippen LogP contribution in [-0.4, -0.2) is 27.0 Å². The Morgan fingerprint density at radius 3 is 1.67 bits per heavy atom. The van der Waals surface area contributed by atoms with Crippen molar-refractivity contribution in [2.75, 3.05) is 5.73 Å². The summed E-state index contributed by atoms with van der Waals surface area (Å²) in [6.07, 6.45) is 0. The Bertz CT molecular complexity index is 565.